The molecule has 0 spiro atoms. The van der Waals surface area contributed by atoms with Gasteiger partial charge in [0.05, 0.1) is 7.11 Å². The molecule has 0 aliphatic carbocycles. The van der Waals surface area contributed by atoms with Crippen LogP contribution >= 0.6 is 0 Å². The average molecular weight is 335 g/mol. The molecule has 2 aromatic rings. The summed E-state index contributed by atoms with van der Waals surface area (Å²) in [5.41, 5.74) is 3.93. The van der Waals surface area contributed by atoms with Crippen molar-refractivity contribution in [1.82, 2.24) is 4.48 Å². The molecule has 1 aliphatic heterocycles. The van der Waals surface area contributed by atoms with Crippen molar-refractivity contribution in [3.8, 4) is 5.75 Å². The Morgan fingerprint density at radius 1 is 1.04 bits per heavy atom. The molecule has 3 rings (SSSR count). The van der Waals surface area contributed by atoms with Gasteiger partial charge in [-0.1, -0.05) is 45.0 Å². The van der Waals surface area contributed by atoms with Crippen LogP contribution in [0.4, 0.5) is 5.69 Å². The van der Waals surface area contributed by atoms with Crippen molar-refractivity contribution in [2.75, 3.05) is 13.7 Å². The molecule has 0 radical (unpaired) electrons. The fourth-order valence-electron chi connectivity index (χ4n) is 3.27. The molecule has 0 fully saturated rings. The number of aliphatic imine (C=N–C) groups is 1. The van der Waals surface area contributed by atoms with E-state index in [0.717, 1.165) is 18.8 Å². The molecule has 0 amide bonds. The number of hydrogen-bond donors (Lipinski definition) is 0. The first kappa shape index (κ1) is 17.4. The summed E-state index contributed by atoms with van der Waals surface area (Å²) in [6, 6.07) is 17.2. The first-order chi connectivity index (χ1) is 11.9. The van der Waals surface area contributed by atoms with Gasteiger partial charge in [0.1, 0.15) is 24.5 Å². The summed E-state index contributed by atoms with van der Waals surface area (Å²) < 4.78 is 6.23. The van der Waals surface area contributed by atoms with Crippen LogP contribution < -0.4 is 9.22 Å². The van der Waals surface area contributed by atoms with Gasteiger partial charge in [0, 0.05) is 11.8 Å². The molecule has 1 unspecified atom stereocenters. The molecule has 3 heteroatoms. The van der Waals surface area contributed by atoms with E-state index in [1.165, 1.54) is 16.8 Å². The Balaban J connectivity index is 2.00. The smallest absolute Gasteiger partial charge is 0.195 e. The summed E-state index contributed by atoms with van der Waals surface area (Å²) in [6.45, 7) is 8.42. The van der Waals surface area contributed by atoms with Gasteiger partial charge in [-0.2, -0.15) is 0 Å². The van der Waals surface area contributed by atoms with E-state index in [9.17, 15) is 0 Å². The highest BCUT2D eigenvalue weighted by molar-refractivity contribution is 5.76. The minimum Gasteiger partial charge on any atom is -0.496 e. The Morgan fingerprint density at radius 3 is 2.36 bits per heavy atom. The van der Waals surface area contributed by atoms with Crippen LogP contribution in [0.2, 0.25) is 0 Å². The topological polar surface area (TPSA) is 21.6 Å². The molecule has 1 heterocycles. The lowest BCUT2D eigenvalue weighted by atomic mass is 9.87. The van der Waals surface area contributed by atoms with E-state index in [1.54, 1.807) is 7.11 Å². The Labute approximate surface area is 150 Å². The minimum atomic E-state index is 0.155. The quantitative estimate of drug-likeness (QED) is 0.716. The van der Waals surface area contributed by atoms with E-state index in [-0.39, 0.29) is 5.41 Å². The van der Waals surface area contributed by atoms with E-state index in [1.807, 2.05) is 24.7 Å². The standard InChI is InChI=1S/C22H27N2O/c1-22(2,3)19-10-12-20(13-11-19)24(15-7-14-23-17-24)16-18-8-5-6-9-21(18)25-4/h5-14,17H,15-16H2,1-4H3/q+1. The number of hydrogen-bond acceptors (Lipinski definition) is 2. The predicted molar refractivity (Wildman–Crippen MR) is 106 cm³/mol. The number of para-hydroxylation sites is 1. The molecule has 0 aromatic heterocycles. The lowest BCUT2D eigenvalue weighted by Gasteiger charge is -2.34. The average Bonchev–Trinajstić information content (AvgIpc) is 2.62. The zero-order valence-electron chi connectivity index (χ0n) is 15.6. The van der Waals surface area contributed by atoms with Gasteiger partial charge in [-0.15, -0.1) is 0 Å². The summed E-state index contributed by atoms with van der Waals surface area (Å²) >= 11 is 0. The van der Waals surface area contributed by atoms with Gasteiger partial charge in [-0.3, -0.25) is 0 Å². The summed E-state index contributed by atoms with van der Waals surface area (Å²) in [5.74, 6) is 0.925. The highest BCUT2D eigenvalue weighted by atomic mass is 16.5. The number of methoxy groups -OCH3 is 1. The van der Waals surface area contributed by atoms with Crippen molar-refractivity contribution >= 4 is 12.0 Å². The predicted octanol–water partition coefficient (Wildman–Crippen LogP) is 5.06. The van der Waals surface area contributed by atoms with Crippen LogP contribution in [0.1, 0.15) is 31.9 Å². The van der Waals surface area contributed by atoms with Gasteiger partial charge in [0.2, 0.25) is 0 Å². The zero-order chi connectivity index (χ0) is 17.9. The summed E-state index contributed by atoms with van der Waals surface area (Å²) in [4.78, 5) is 4.46. The Bertz CT molecular complexity index is 784. The van der Waals surface area contributed by atoms with Gasteiger partial charge in [-0.25, -0.2) is 9.48 Å². The number of rotatable bonds is 4. The van der Waals surface area contributed by atoms with E-state index in [2.05, 4.69) is 68.2 Å². The van der Waals surface area contributed by atoms with Crippen LogP contribution in [0.5, 0.6) is 5.75 Å². The van der Waals surface area contributed by atoms with Crippen LogP contribution in [-0.2, 0) is 12.0 Å². The van der Waals surface area contributed by atoms with E-state index < -0.39 is 0 Å². The minimum absolute atomic E-state index is 0.155. The Kier molecular flexibility index (Phi) is 4.78. The maximum Gasteiger partial charge on any atom is 0.195 e. The summed E-state index contributed by atoms with van der Waals surface area (Å²) in [6.07, 6.45) is 6.05. The lowest BCUT2D eigenvalue weighted by Crippen LogP contribution is -2.48. The van der Waals surface area contributed by atoms with Crippen LogP contribution in [0.25, 0.3) is 0 Å². The normalized spacial score (nSPS) is 19.8. The Hall–Kier alpha value is -2.39. The third kappa shape index (κ3) is 3.67. The van der Waals surface area contributed by atoms with Crippen LogP contribution in [-0.4, -0.2) is 20.0 Å². The third-order valence-electron chi connectivity index (χ3n) is 4.80. The molecule has 0 N–H and O–H groups in total. The maximum atomic E-state index is 5.56. The third-order valence-corrected chi connectivity index (χ3v) is 4.80. The fraction of sp³-hybridized carbons (Fsp3) is 0.318. The molecule has 0 saturated heterocycles. The van der Waals surface area contributed by atoms with Gasteiger partial charge >= 0.3 is 0 Å². The highest BCUT2D eigenvalue weighted by Crippen LogP contribution is 2.32. The largest absolute Gasteiger partial charge is 0.496 e. The molecular formula is C22H27N2O+. The molecule has 0 bridgehead atoms. The van der Waals surface area contributed by atoms with Gasteiger partial charge in [-0.05, 0) is 41.3 Å². The van der Waals surface area contributed by atoms with Crippen LogP contribution in [0, 0.1) is 0 Å². The van der Waals surface area contributed by atoms with Crippen molar-refractivity contribution in [2.45, 2.75) is 32.7 Å². The molecule has 1 atom stereocenters. The van der Waals surface area contributed by atoms with Crippen molar-refractivity contribution in [3.05, 3.63) is 71.9 Å². The second-order valence-electron chi connectivity index (χ2n) is 7.63. The van der Waals surface area contributed by atoms with E-state index >= 15 is 0 Å². The van der Waals surface area contributed by atoms with Crippen LogP contribution in [0.3, 0.4) is 0 Å². The molecule has 130 valence electrons. The SMILES string of the molecule is COc1ccccc1C[N+]1(c2ccc(C(C)(C)C)cc2)C=NC=CC1. The van der Waals surface area contributed by atoms with E-state index in [0.29, 0.717) is 4.48 Å². The van der Waals surface area contributed by atoms with Crippen molar-refractivity contribution < 1.29 is 4.74 Å². The first-order valence-corrected chi connectivity index (χ1v) is 8.74. The number of quaternary nitrogens is 1. The monoisotopic (exact) mass is 335 g/mol. The van der Waals surface area contributed by atoms with Gasteiger partial charge in [0.15, 0.2) is 6.34 Å². The number of benzene rings is 2. The van der Waals surface area contributed by atoms with Crippen LogP contribution in [0.15, 0.2) is 65.8 Å². The molecule has 3 nitrogen and oxygen atoms in total. The maximum absolute atomic E-state index is 5.56. The molecular weight excluding hydrogens is 308 g/mol. The highest BCUT2D eigenvalue weighted by Gasteiger charge is 2.31. The van der Waals surface area contributed by atoms with Crippen molar-refractivity contribution in [2.24, 2.45) is 4.99 Å². The molecule has 0 saturated carbocycles. The van der Waals surface area contributed by atoms with Gasteiger partial charge in [0.25, 0.3) is 0 Å². The Morgan fingerprint density at radius 2 is 1.76 bits per heavy atom. The van der Waals surface area contributed by atoms with Crippen molar-refractivity contribution in [3.63, 3.8) is 0 Å². The second kappa shape index (κ2) is 6.85. The van der Waals surface area contributed by atoms with Crippen molar-refractivity contribution in [1.29, 1.82) is 0 Å². The summed E-state index contributed by atoms with van der Waals surface area (Å²) in [7, 11) is 1.73. The van der Waals surface area contributed by atoms with E-state index in [4.69, 9.17) is 4.74 Å². The lowest BCUT2D eigenvalue weighted by molar-refractivity contribution is 0.391. The number of ether oxygens (including phenoxy) is 1. The fourth-order valence-corrected chi connectivity index (χ4v) is 3.27. The first-order valence-electron chi connectivity index (χ1n) is 8.74. The molecule has 25 heavy (non-hydrogen) atoms. The molecule has 1 aliphatic rings. The molecule has 2 aromatic carbocycles. The van der Waals surface area contributed by atoms with Gasteiger partial charge < -0.3 is 4.74 Å². The number of nitrogens with zero attached hydrogens (tertiary/aromatic N) is 2. The second-order valence-corrected chi connectivity index (χ2v) is 7.63. The summed E-state index contributed by atoms with van der Waals surface area (Å²) in [5, 5.41) is 0. The zero-order valence-corrected chi connectivity index (χ0v) is 15.6.